The smallest absolute Gasteiger partial charge is 0.307 e. The van der Waals surface area contributed by atoms with E-state index in [4.69, 9.17) is 4.42 Å². The number of carbonyl (C=O) groups excluding carboxylic acids is 1. The molecule has 2 aromatic carbocycles. The van der Waals surface area contributed by atoms with Crippen molar-refractivity contribution < 1.29 is 22.0 Å². The molecule has 0 aliphatic heterocycles. The molecule has 0 aliphatic rings. The number of hydrogen-bond donors (Lipinski definition) is 1. The van der Waals surface area contributed by atoms with Crippen LogP contribution in [0.1, 0.15) is 35.2 Å². The highest BCUT2D eigenvalue weighted by Crippen LogP contribution is 2.18. The van der Waals surface area contributed by atoms with Crippen LogP contribution in [-0.4, -0.2) is 20.0 Å². The third-order valence-electron chi connectivity index (χ3n) is 4.12. The van der Waals surface area contributed by atoms with E-state index in [1.54, 1.807) is 30.3 Å². The highest BCUT2D eigenvalue weighted by molar-refractivity contribution is 7.90. The van der Waals surface area contributed by atoms with E-state index in [9.17, 15) is 17.6 Å². The summed E-state index contributed by atoms with van der Waals surface area (Å²) in [6.45, 7) is 1.85. The Morgan fingerprint density at radius 3 is 2.38 bits per heavy atom. The minimum Gasteiger partial charge on any atom is -0.455 e. The van der Waals surface area contributed by atoms with Crippen LogP contribution in [0.25, 0.3) is 0 Å². The number of nitrogens with one attached hydrogen (secondary N) is 1. The Kier molecular flexibility index (Phi) is 6.23. The molecule has 150 valence electrons. The van der Waals surface area contributed by atoms with E-state index < -0.39 is 15.7 Å². The lowest BCUT2D eigenvalue weighted by Gasteiger charge is -2.04. The maximum atomic E-state index is 13.1. The molecular weight excluding hydrogens is 395 g/mol. The second kappa shape index (κ2) is 8.83. The number of rotatable bonds is 7. The molecule has 0 saturated carbocycles. The first-order valence-corrected chi connectivity index (χ1v) is 10.5. The number of nitrogens with zero attached hydrogens (tertiary/aromatic N) is 1. The third-order valence-corrected chi connectivity index (χ3v) is 5.78. The summed E-state index contributed by atoms with van der Waals surface area (Å²) in [6, 6.07) is 16.6. The molecule has 0 fully saturated rings. The molecule has 0 aliphatic carbocycles. The van der Waals surface area contributed by atoms with Gasteiger partial charge in [0.25, 0.3) is 0 Å². The van der Waals surface area contributed by atoms with Crippen LogP contribution in [0, 0.1) is 5.82 Å². The zero-order valence-corrected chi connectivity index (χ0v) is 16.4. The summed E-state index contributed by atoms with van der Waals surface area (Å²) in [5.41, 5.74) is 3.63. The molecule has 0 atom stereocenters. The van der Waals surface area contributed by atoms with E-state index in [1.165, 1.54) is 36.4 Å². The first-order valence-electron chi connectivity index (χ1n) is 8.88. The highest BCUT2D eigenvalue weighted by atomic mass is 32.2. The van der Waals surface area contributed by atoms with Gasteiger partial charge in [-0.05, 0) is 48.4 Å². The molecule has 8 heteroatoms. The van der Waals surface area contributed by atoms with Gasteiger partial charge in [0.1, 0.15) is 17.3 Å². The second-order valence-electron chi connectivity index (χ2n) is 6.20. The number of benzene rings is 2. The van der Waals surface area contributed by atoms with Gasteiger partial charge in [0.15, 0.2) is 15.6 Å². The first-order chi connectivity index (χ1) is 13.9. The Labute approximate surface area is 168 Å². The number of sulfone groups is 1. The maximum Gasteiger partial charge on any atom is 0.307 e. The van der Waals surface area contributed by atoms with Gasteiger partial charge in [0.2, 0.25) is 0 Å². The first kappa shape index (κ1) is 20.5. The van der Waals surface area contributed by atoms with Gasteiger partial charge >= 0.3 is 5.91 Å². The van der Waals surface area contributed by atoms with Crippen LogP contribution in [0.4, 0.5) is 4.39 Å². The lowest BCUT2D eigenvalue weighted by atomic mass is 10.1. The molecule has 3 aromatic rings. The standard InChI is InChI=1S/C21H19FN2O4S/c1-2-19(15-8-10-16(22)11-9-15)23-24-21(25)20-13-12-17(28-20)14-29(26,27)18-6-4-3-5-7-18/h3-13H,2,14H2,1H3,(H,24,25)/b23-19-. The van der Waals surface area contributed by atoms with Gasteiger partial charge in [-0.15, -0.1) is 0 Å². The van der Waals surface area contributed by atoms with Crippen molar-refractivity contribution in [2.75, 3.05) is 0 Å². The Balaban J connectivity index is 1.70. The van der Waals surface area contributed by atoms with Crippen LogP contribution < -0.4 is 5.43 Å². The molecular formula is C21H19FN2O4S. The summed E-state index contributed by atoms with van der Waals surface area (Å²) in [6.07, 6.45) is 0.518. The van der Waals surface area contributed by atoms with E-state index in [2.05, 4.69) is 10.5 Å². The summed E-state index contributed by atoms with van der Waals surface area (Å²) in [4.78, 5) is 12.5. The van der Waals surface area contributed by atoms with E-state index in [0.717, 1.165) is 0 Å². The largest absolute Gasteiger partial charge is 0.455 e. The van der Waals surface area contributed by atoms with Crippen LogP contribution in [0.15, 0.2) is 81.1 Å². The zero-order chi connectivity index (χ0) is 20.9. The Morgan fingerprint density at radius 1 is 1.03 bits per heavy atom. The minimum atomic E-state index is -3.58. The normalized spacial score (nSPS) is 12.0. The van der Waals surface area contributed by atoms with Crippen molar-refractivity contribution in [2.24, 2.45) is 5.10 Å². The van der Waals surface area contributed by atoms with E-state index in [0.29, 0.717) is 17.7 Å². The van der Waals surface area contributed by atoms with Crippen molar-refractivity contribution in [3.63, 3.8) is 0 Å². The van der Waals surface area contributed by atoms with Gasteiger partial charge in [0, 0.05) is 0 Å². The van der Waals surface area contributed by atoms with Crippen LogP contribution in [0.2, 0.25) is 0 Å². The van der Waals surface area contributed by atoms with Crippen molar-refractivity contribution >= 4 is 21.5 Å². The molecule has 29 heavy (non-hydrogen) atoms. The molecule has 0 radical (unpaired) electrons. The van der Waals surface area contributed by atoms with Crippen molar-refractivity contribution in [1.29, 1.82) is 0 Å². The molecule has 1 aromatic heterocycles. The molecule has 0 bridgehead atoms. The maximum absolute atomic E-state index is 13.1. The highest BCUT2D eigenvalue weighted by Gasteiger charge is 2.19. The monoisotopic (exact) mass is 414 g/mol. The van der Waals surface area contributed by atoms with Gasteiger partial charge in [0.05, 0.1) is 10.6 Å². The van der Waals surface area contributed by atoms with Gasteiger partial charge in [-0.25, -0.2) is 18.2 Å². The average Bonchev–Trinajstić information content (AvgIpc) is 3.18. The predicted molar refractivity (Wildman–Crippen MR) is 107 cm³/mol. The molecule has 1 N–H and O–H groups in total. The van der Waals surface area contributed by atoms with Crippen molar-refractivity contribution in [2.45, 2.75) is 24.0 Å². The minimum absolute atomic E-state index is 0.0541. The van der Waals surface area contributed by atoms with E-state index >= 15 is 0 Å². The van der Waals surface area contributed by atoms with E-state index in [-0.39, 0.29) is 28.0 Å². The van der Waals surface area contributed by atoms with Crippen LogP contribution >= 0.6 is 0 Å². The SMILES string of the molecule is CC/C(=N/NC(=O)c1ccc(CS(=O)(=O)c2ccccc2)o1)c1ccc(F)cc1. The van der Waals surface area contributed by atoms with E-state index in [1.807, 2.05) is 6.92 Å². The molecule has 0 unspecified atom stereocenters. The number of carbonyl (C=O) groups is 1. The lowest BCUT2D eigenvalue weighted by molar-refractivity contribution is 0.0925. The topological polar surface area (TPSA) is 88.7 Å². The fourth-order valence-corrected chi connectivity index (χ4v) is 3.91. The van der Waals surface area contributed by atoms with Crippen molar-refractivity contribution in [3.8, 4) is 0 Å². The summed E-state index contributed by atoms with van der Waals surface area (Å²) >= 11 is 0. The molecule has 1 heterocycles. The summed E-state index contributed by atoms with van der Waals surface area (Å²) in [7, 11) is -3.58. The molecule has 6 nitrogen and oxygen atoms in total. The fraction of sp³-hybridized carbons (Fsp3) is 0.143. The van der Waals surface area contributed by atoms with Crippen LogP contribution in [0.5, 0.6) is 0 Å². The fourth-order valence-electron chi connectivity index (χ4n) is 2.64. The van der Waals surface area contributed by atoms with Crippen molar-refractivity contribution in [3.05, 3.63) is 89.6 Å². The Morgan fingerprint density at radius 2 is 1.72 bits per heavy atom. The van der Waals surface area contributed by atoms with Gasteiger partial charge in [-0.3, -0.25) is 4.79 Å². The zero-order valence-electron chi connectivity index (χ0n) is 15.6. The Bertz CT molecular complexity index is 1120. The predicted octanol–water partition coefficient (Wildman–Crippen LogP) is 3.94. The second-order valence-corrected chi connectivity index (χ2v) is 8.19. The van der Waals surface area contributed by atoms with Gasteiger partial charge in [-0.2, -0.15) is 5.10 Å². The summed E-state index contributed by atoms with van der Waals surface area (Å²) in [5.74, 6) is -1.23. The number of halogens is 1. The lowest BCUT2D eigenvalue weighted by Crippen LogP contribution is -2.19. The van der Waals surface area contributed by atoms with Crippen LogP contribution in [0.3, 0.4) is 0 Å². The van der Waals surface area contributed by atoms with Gasteiger partial charge in [-0.1, -0.05) is 37.3 Å². The Hall–Kier alpha value is -3.26. The molecule has 0 spiro atoms. The quantitative estimate of drug-likeness (QED) is 0.469. The third kappa shape index (κ3) is 5.17. The number of hydrogen-bond acceptors (Lipinski definition) is 5. The van der Waals surface area contributed by atoms with Crippen LogP contribution in [-0.2, 0) is 15.6 Å². The molecule has 0 saturated heterocycles. The number of furan rings is 1. The molecule has 3 rings (SSSR count). The van der Waals surface area contributed by atoms with Gasteiger partial charge < -0.3 is 4.42 Å². The van der Waals surface area contributed by atoms with Crippen molar-refractivity contribution in [1.82, 2.24) is 5.43 Å². The molecule has 1 amide bonds. The average molecular weight is 414 g/mol. The number of hydrazone groups is 1. The summed E-state index contributed by atoms with van der Waals surface area (Å²) < 4.78 is 43.2. The number of amides is 1. The summed E-state index contributed by atoms with van der Waals surface area (Å²) in [5, 5.41) is 4.07.